The first-order chi connectivity index (χ1) is 12.3. The number of rotatable bonds is 5. The van der Waals surface area contributed by atoms with E-state index in [1.54, 1.807) is 6.08 Å². The van der Waals surface area contributed by atoms with Gasteiger partial charge in [-0.15, -0.1) is 0 Å². The average molecular weight is 328 g/mol. The molecular formula is C21H20N4. The molecule has 0 bridgehead atoms. The fourth-order valence-corrected chi connectivity index (χ4v) is 2.65. The molecule has 1 heterocycles. The molecule has 1 aliphatic rings. The maximum absolute atomic E-state index is 7.19. The van der Waals surface area contributed by atoms with Crippen LogP contribution in [-0.2, 0) is 0 Å². The van der Waals surface area contributed by atoms with Gasteiger partial charge in [0, 0.05) is 29.2 Å². The van der Waals surface area contributed by atoms with Crippen LogP contribution in [0.1, 0.15) is 17.2 Å². The second-order valence-corrected chi connectivity index (χ2v) is 5.55. The lowest BCUT2D eigenvalue weighted by atomic mass is 10.0. The van der Waals surface area contributed by atoms with Gasteiger partial charge < -0.3 is 16.5 Å². The van der Waals surface area contributed by atoms with Crippen LogP contribution in [0.15, 0.2) is 101 Å². The number of nitrogens with zero attached hydrogens (tertiary/aromatic N) is 1. The van der Waals surface area contributed by atoms with Gasteiger partial charge >= 0.3 is 0 Å². The summed E-state index contributed by atoms with van der Waals surface area (Å²) >= 11 is 0. The molecule has 0 saturated heterocycles. The molecule has 0 fully saturated rings. The molecule has 2 aromatic rings. The molecule has 4 heteroatoms. The lowest BCUT2D eigenvalue weighted by molar-refractivity contribution is 0.851. The standard InChI is InChI=1S/C21H20N4/c22-13-7-12-18(15-23)20-14-19(16-8-3-1-4-9-16)24-21(25-20)17-10-5-2-6-11-17/h1-15,19,22H,23H2,(H,24,25). The third-order valence-corrected chi connectivity index (χ3v) is 3.90. The van der Waals surface area contributed by atoms with Crippen molar-refractivity contribution in [3.8, 4) is 0 Å². The van der Waals surface area contributed by atoms with E-state index in [2.05, 4.69) is 23.5 Å². The highest BCUT2D eigenvalue weighted by molar-refractivity contribution is 6.01. The van der Waals surface area contributed by atoms with Crippen LogP contribution >= 0.6 is 0 Å². The monoisotopic (exact) mass is 328 g/mol. The molecule has 1 aliphatic heterocycles. The van der Waals surface area contributed by atoms with Crippen LogP contribution in [0.5, 0.6) is 0 Å². The number of benzene rings is 2. The zero-order chi connectivity index (χ0) is 17.5. The molecule has 2 aromatic carbocycles. The Morgan fingerprint density at radius 2 is 1.72 bits per heavy atom. The minimum atomic E-state index is -0.101. The first kappa shape index (κ1) is 16.5. The van der Waals surface area contributed by atoms with Gasteiger partial charge in [0.15, 0.2) is 0 Å². The van der Waals surface area contributed by atoms with Crippen molar-refractivity contribution in [1.29, 1.82) is 5.41 Å². The maximum atomic E-state index is 7.19. The summed E-state index contributed by atoms with van der Waals surface area (Å²) in [5, 5.41) is 10.6. The van der Waals surface area contributed by atoms with E-state index in [1.807, 2.05) is 54.6 Å². The lowest BCUT2D eigenvalue weighted by Gasteiger charge is -2.23. The van der Waals surface area contributed by atoms with Crippen LogP contribution < -0.4 is 11.1 Å². The second kappa shape index (κ2) is 7.93. The minimum Gasteiger partial charge on any atom is -0.404 e. The predicted octanol–water partition coefficient (Wildman–Crippen LogP) is 3.71. The van der Waals surface area contributed by atoms with Gasteiger partial charge in [-0.2, -0.15) is 0 Å². The van der Waals surface area contributed by atoms with Crippen LogP contribution in [0.4, 0.5) is 0 Å². The first-order valence-corrected chi connectivity index (χ1v) is 8.08. The third-order valence-electron chi connectivity index (χ3n) is 3.90. The Morgan fingerprint density at radius 3 is 2.36 bits per heavy atom. The number of hydrogen-bond acceptors (Lipinski definition) is 4. The molecule has 0 aromatic heterocycles. The number of aliphatic imine (C=N–C) groups is 1. The normalized spacial score (nSPS) is 17.6. The summed E-state index contributed by atoms with van der Waals surface area (Å²) in [6.07, 6.45) is 8.27. The first-order valence-electron chi connectivity index (χ1n) is 8.08. The summed E-state index contributed by atoms with van der Waals surface area (Å²) in [5.41, 5.74) is 9.62. The Labute approximate surface area is 147 Å². The van der Waals surface area contributed by atoms with Crippen LogP contribution in [0.2, 0.25) is 0 Å². The highest BCUT2D eigenvalue weighted by Gasteiger charge is 2.19. The SMILES string of the molecule is N=CC=CC(=CN)C1=CC(c2ccccc2)N=C(c2ccccc2)N1. The lowest BCUT2D eigenvalue weighted by Crippen LogP contribution is -2.29. The van der Waals surface area contributed by atoms with Gasteiger partial charge in [-0.3, -0.25) is 4.99 Å². The maximum Gasteiger partial charge on any atom is 0.133 e. The molecular weight excluding hydrogens is 308 g/mol. The topological polar surface area (TPSA) is 74.3 Å². The number of amidine groups is 1. The molecule has 4 nitrogen and oxygen atoms in total. The van der Waals surface area contributed by atoms with Crippen molar-refractivity contribution in [3.63, 3.8) is 0 Å². The van der Waals surface area contributed by atoms with Crippen LogP contribution in [-0.4, -0.2) is 12.1 Å². The van der Waals surface area contributed by atoms with E-state index in [-0.39, 0.29) is 6.04 Å². The number of hydrogen-bond donors (Lipinski definition) is 3. The molecule has 0 amide bonds. The molecule has 0 aliphatic carbocycles. The van der Waals surface area contributed by atoms with E-state index >= 15 is 0 Å². The van der Waals surface area contributed by atoms with Gasteiger partial charge in [0.1, 0.15) is 5.84 Å². The van der Waals surface area contributed by atoms with Crippen molar-refractivity contribution >= 4 is 12.1 Å². The second-order valence-electron chi connectivity index (χ2n) is 5.55. The number of allylic oxidation sites excluding steroid dienone is 2. The summed E-state index contributed by atoms with van der Waals surface area (Å²) in [6, 6.07) is 20.1. The predicted molar refractivity (Wildman–Crippen MR) is 104 cm³/mol. The van der Waals surface area contributed by atoms with E-state index in [0.717, 1.165) is 28.2 Å². The van der Waals surface area contributed by atoms with Gasteiger partial charge in [0.25, 0.3) is 0 Å². The molecule has 4 N–H and O–H groups in total. The Morgan fingerprint density at radius 1 is 1.04 bits per heavy atom. The van der Waals surface area contributed by atoms with E-state index < -0.39 is 0 Å². The van der Waals surface area contributed by atoms with Gasteiger partial charge in [-0.05, 0) is 23.8 Å². The Bertz CT molecular complexity index is 846. The van der Waals surface area contributed by atoms with Gasteiger partial charge in [0.2, 0.25) is 0 Å². The zero-order valence-electron chi connectivity index (χ0n) is 13.8. The summed E-state index contributed by atoms with van der Waals surface area (Å²) in [7, 11) is 0. The largest absolute Gasteiger partial charge is 0.404 e. The Kier molecular flexibility index (Phi) is 5.22. The van der Waals surface area contributed by atoms with Crippen LogP contribution in [0.25, 0.3) is 0 Å². The average Bonchev–Trinajstić information content (AvgIpc) is 2.70. The smallest absolute Gasteiger partial charge is 0.133 e. The van der Waals surface area contributed by atoms with Crippen molar-refractivity contribution in [2.45, 2.75) is 6.04 Å². The molecule has 25 heavy (non-hydrogen) atoms. The van der Waals surface area contributed by atoms with Crippen LogP contribution in [0.3, 0.4) is 0 Å². The molecule has 0 saturated carbocycles. The zero-order valence-corrected chi connectivity index (χ0v) is 13.8. The Balaban J connectivity index is 2.03. The number of nitrogens with two attached hydrogens (primary N) is 1. The highest BCUT2D eigenvalue weighted by Crippen LogP contribution is 2.26. The van der Waals surface area contributed by atoms with E-state index in [9.17, 15) is 0 Å². The molecule has 0 spiro atoms. The van der Waals surface area contributed by atoms with Crippen molar-refractivity contribution in [2.24, 2.45) is 10.7 Å². The fraction of sp³-hybridized carbons (Fsp3) is 0.0476. The molecule has 124 valence electrons. The van der Waals surface area contributed by atoms with E-state index in [0.29, 0.717) is 0 Å². The van der Waals surface area contributed by atoms with E-state index in [1.165, 1.54) is 12.4 Å². The molecule has 3 rings (SSSR count). The molecule has 0 radical (unpaired) electrons. The van der Waals surface area contributed by atoms with E-state index in [4.69, 9.17) is 16.1 Å². The Hall–Kier alpha value is -3.40. The third kappa shape index (κ3) is 3.93. The molecule has 1 unspecified atom stereocenters. The van der Waals surface area contributed by atoms with Gasteiger partial charge in [0.05, 0.1) is 6.04 Å². The van der Waals surface area contributed by atoms with Crippen molar-refractivity contribution in [3.05, 3.63) is 107 Å². The summed E-state index contributed by atoms with van der Waals surface area (Å²) in [4.78, 5) is 4.86. The fourth-order valence-electron chi connectivity index (χ4n) is 2.65. The quantitative estimate of drug-likeness (QED) is 0.578. The minimum absolute atomic E-state index is 0.101. The summed E-state index contributed by atoms with van der Waals surface area (Å²) < 4.78 is 0. The summed E-state index contributed by atoms with van der Waals surface area (Å²) in [6.45, 7) is 0. The highest BCUT2D eigenvalue weighted by atomic mass is 15.0. The summed E-state index contributed by atoms with van der Waals surface area (Å²) in [5.74, 6) is 0.801. The molecule has 1 atom stereocenters. The van der Waals surface area contributed by atoms with Gasteiger partial charge in [-0.25, -0.2) is 0 Å². The van der Waals surface area contributed by atoms with Crippen molar-refractivity contribution in [1.82, 2.24) is 5.32 Å². The number of nitrogens with one attached hydrogen (secondary N) is 2. The van der Waals surface area contributed by atoms with Crippen molar-refractivity contribution in [2.75, 3.05) is 0 Å². The van der Waals surface area contributed by atoms with Crippen molar-refractivity contribution < 1.29 is 0 Å². The van der Waals surface area contributed by atoms with Gasteiger partial charge in [-0.1, -0.05) is 60.7 Å². The van der Waals surface area contributed by atoms with Crippen LogP contribution in [0, 0.1) is 5.41 Å².